The molecule has 1 heterocycles. The summed E-state index contributed by atoms with van der Waals surface area (Å²) in [4.78, 5) is 0. The topological polar surface area (TPSA) is 55.9 Å². The average Bonchev–Trinajstić information content (AvgIpc) is 2.70. The first kappa shape index (κ1) is 17.6. The molecule has 0 fully saturated rings. The van der Waals surface area contributed by atoms with Crippen LogP contribution in [0.3, 0.4) is 0 Å². The van der Waals surface area contributed by atoms with E-state index in [1.54, 1.807) is 0 Å². The van der Waals surface area contributed by atoms with Crippen LogP contribution in [0.5, 0.6) is 0 Å². The number of hydrogen-bond donors (Lipinski definition) is 2. The van der Waals surface area contributed by atoms with Crippen LogP contribution in [0.25, 0.3) is 0 Å². The highest BCUT2D eigenvalue weighted by Crippen LogP contribution is 2.18. The summed E-state index contributed by atoms with van der Waals surface area (Å²) in [6.45, 7) is 4.89. The fourth-order valence-electron chi connectivity index (χ4n) is 1.59. The van der Waals surface area contributed by atoms with Gasteiger partial charge in [-0.3, -0.25) is 4.68 Å². The Bertz CT molecular complexity index is 483. The molecule has 0 radical (unpaired) electrons. The number of nitrogen functional groups attached to an aromatic ring is 1. The molecule has 0 aliphatic carbocycles. The SMILES string of the molecule is CC(C)n1cc(N)c(NCc2ccccc2)n1.Cl.Cl. The van der Waals surface area contributed by atoms with Gasteiger partial charge in [-0.15, -0.1) is 24.8 Å². The fourth-order valence-corrected chi connectivity index (χ4v) is 1.59. The summed E-state index contributed by atoms with van der Waals surface area (Å²) in [5.74, 6) is 0.752. The summed E-state index contributed by atoms with van der Waals surface area (Å²) in [5.41, 5.74) is 7.80. The zero-order valence-electron chi connectivity index (χ0n) is 11.0. The number of nitrogens with one attached hydrogen (secondary N) is 1. The van der Waals surface area contributed by atoms with Gasteiger partial charge in [-0.25, -0.2) is 0 Å². The number of rotatable bonds is 4. The third-order valence-electron chi connectivity index (χ3n) is 2.59. The maximum absolute atomic E-state index is 5.90. The van der Waals surface area contributed by atoms with E-state index in [0.717, 1.165) is 12.4 Å². The van der Waals surface area contributed by atoms with E-state index < -0.39 is 0 Å². The minimum Gasteiger partial charge on any atom is -0.394 e. The Morgan fingerprint density at radius 1 is 1.21 bits per heavy atom. The molecule has 2 rings (SSSR count). The summed E-state index contributed by atoms with van der Waals surface area (Å²) in [6, 6.07) is 10.5. The third kappa shape index (κ3) is 4.65. The zero-order chi connectivity index (χ0) is 12.3. The van der Waals surface area contributed by atoms with Crippen LogP contribution >= 0.6 is 24.8 Å². The lowest BCUT2D eigenvalue weighted by atomic mass is 10.2. The third-order valence-corrected chi connectivity index (χ3v) is 2.59. The predicted octanol–water partition coefficient (Wildman–Crippen LogP) is 3.50. The van der Waals surface area contributed by atoms with Crippen LogP contribution in [-0.4, -0.2) is 9.78 Å². The molecular weight excluding hydrogens is 283 g/mol. The van der Waals surface area contributed by atoms with E-state index in [1.807, 2.05) is 29.1 Å². The molecule has 0 spiro atoms. The molecule has 0 amide bonds. The quantitative estimate of drug-likeness (QED) is 0.909. The second-order valence-corrected chi connectivity index (χ2v) is 4.35. The van der Waals surface area contributed by atoms with E-state index in [4.69, 9.17) is 5.73 Å². The molecule has 0 aliphatic rings. The van der Waals surface area contributed by atoms with Gasteiger partial charge in [0.1, 0.15) is 0 Å². The monoisotopic (exact) mass is 302 g/mol. The molecule has 0 aliphatic heterocycles. The first-order valence-corrected chi connectivity index (χ1v) is 5.79. The molecular formula is C13H20Cl2N4. The number of anilines is 2. The minimum atomic E-state index is 0. The molecule has 19 heavy (non-hydrogen) atoms. The normalized spacial score (nSPS) is 9.63. The van der Waals surface area contributed by atoms with Gasteiger partial charge in [0.2, 0.25) is 0 Å². The van der Waals surface area contributed by atoms with Gasteiger partial charge in [-0.2, -0.15) is 5.10 Å². The number of nitrogens with two attached hydrogens (primary N) is 1. The lowest BCUT2D eigenvalue weighted by Crippen LogP contribution is -2.04. The molecule has 3 N–H and O–H groups in total. The standard InChI is InChI=1S/C13H18N4.2ClH/c1-10(2)17-9-12(14)13(16-17)15-8-11-6-4-3-5-7-11;;/h3-7,9-10H,8,14H2,1-2H3,(H,15,16);2*1H. The Balaban J connectivity index is 0.00000162. The molecule has 0 saturated carbocycles. The van der Waals surface area contributed by atoms with Crippen LogP contribution in [-0.2, 0) is 6.54 Å². The van der Waals surface area contributed by atoms with Gasteiger partial charge in [0.15, 0.2) is 5.82 Å². The Labute approximate surface area is 126 Å². The Kier molecular flexibility index (Phi) is 7.34. The van der Waals surface area contributed by atoms with Gasteiger partial charge < -0.3 is 11.1 Å². The van der Waals surface area contributed by atoms with Crippen molar-refractivity contribution < 1.29 is 0 Å². The smallest absolute Gasteiger partial charge is 0.171 e. The Morgan fingerprint density at radius 3 is 2.37 bits per heavy atom. The first-order chi connectivity index (χ1) is 8.16. The first-order valence-electron chi connectivity index (χ1n) is 5.79. The van der Waals surface area contributed by atoms with E-state index in [-0.39, 0.29) is 24.8 Å². The number of hydrogen-bond acceptors (Lipinski definition) is 3. The van der Waals surface area contributed by atoms with Crippen LogP contribution in [0.4, 0.5) is 11.5 Å². The van der Waals surface area contributed by atoms with Gasteiger partial charge in [0.05, 0.1) is 11.9 Å². The van der Waals surface area contributed by atoms with E-state index in [1.165, 1.54) is 5.56 Å². The Morgan fingerprint density at radius 2 is 1.84 bits per heavy atom. The molecule has 0 bridgehead atoms. The number of benzene rings is 1. The molecule has 1 aromatic heterocycles. The molecule has 1 aromatic carbocycles. The summed E-state index contributed by atoms with van der Waals surface area (Å²) >= 11 is 0. The van der Waals surface area contributed by atoms with Crippen molar-refractivity contribution in [3.05, 3.63) is 42.1 Å². The van der Waals surface area contributed by atoms with E-state index in [2.05, 4.69) is 36.4 Å². The largest absolute Gasteiger partial charge is 0.394 e. The van der Waals surface area contributed by atoms with Crippen LogP contribution in [0.1, 0.15) is 25.5 Å². The van der Waals surface area contributed by atoms with Gasteiger partial charge in [0.25, 0.3) is 0 Å². The Hall–Kier alpha value is -1.39. The maximum Gasteiger partial charge on any atom is 0.171 e. The van der Waals surface area contributed by atoms with E-state index in [9.17, 15) is 0 Å². The van der Waals surface area contributed by atoms with Crippen molar-refractivity contribution in [2.75, 3.05) is 11.1 Å². The van der Waals surface area contributed by atoms with Crippen LogP contribution in [0, 0.1) is 0 Å². The van der Waals surface area contributed by atoms with Crippen molar-refractivity contribution in [1.82, 2.24) is 9.78 Å². The van der Waals surface area contributed by atoms with E-state index >= 15 is 0 Å². The average molecular weight is 303 g/mol. The van der Waals surface area contributed by atoms with Crippen molar-refractivity contribution >= 4 is 36.3 Å². The van der Waals surface area contributed by atoms with Crippen LogP contribution < -0.4 is 11.1 Å². The lowest BCUT2D eigenvalue weighted by molar-refractivity contribution is 0.534. The highest BCUT2D eigenvalue weighted by Gasteiger charge is 2.07. The molecule has 4 nitrogen and oxygen atoms in total. The molecule has 0 saturated heterocycles. The summed E-state index contributed by atoms with van der Waals surface area (Å²) in [7, 11) is 0. The number of nitrogens with zero attached hydrogens (tertiary/aromatic N) is 2. The van der Waals surface area contributed by atoms with Gasteiger partial charge in [-0.05, 0) is 19.4 Å². The fraction of sp³-hybridized carbons (Fsp3) is 0.308. The molecule has 106 valence electrons. The molecule has 6 heteroatoms. The lowest BCUT2D eigenvalue weighted by Gasteiger charge is -2.05. The number of halogens is 2. The van der Waals surface area contributed by atoms with Crippen LogP contribution in [0.2, 0.25) is 0 Å². The summed E-state index contributed by atoms with van der Waals surface area (Å²) in [5, 5.41) is 7.65. The maximum atomic E-state index is 5.90. The van der Waals surface area contributed by atoms with Gasteiger partial charge in [0, 0.05) is 12.6 Å². The highest BCUT2D eigenvalue weighted by molar-refractivity contribution is 5.85. The molecule has 0 unspecified atom stereocenters. The van der Waals surface area contributed by atoms with Crippen molar-refractivity contribution in [3.63, 3.8) is 0 Å². The number of aromatic nitrogens is 2. The van der Waals surface area contributed by atoms with E-state index in [0.29, 0.717) is 11.7 Å². The van der Waals surface area contributed by atoms with Crippen molar-refractivity contribution in [3.8, 4) is 0 Å². The highest BCUT2D eigenvalue weighted by atomic mass is 35.5. The van der Waals surface area contributed by atoms with Gasteiger partial charge in [-0.1, -0.05) is 30.3 Å². The van der Waals surface area contributed by atoms with Crippen molar-refractivity contribution in [1.29, 1.82) is 0 Å². The van der Waals surface area contributed by atoms with Gasteiger partial charge >= 0.3 is 0 Å². The summed E-state index contributed by atoms with van der Waals surface area (Å²) < 4.78 is 1.86. The second-order valence-electron chi connectivity index (χ2n) is 4.35. The zero-order valence-corrected chi connectivity index (χ0v) is 12.7. The van der Waals surface area contributed by atoms with Crippen molar-refractivity contribution in [2.24, 2.45) is 0 Å². The second kappa shape index (κ2) is 7.92. The summed E-state index contributed by atoms with van der Waals surface area (Å²) in [6.07, 6.45) is 1.86. The predicted molar refractivity (Wildman–Crippen MR) is 85.3 cm³/mol. The minimum absolute atomic E-state index is 0. The molecule has 0 atom stereocenters. The van der Waals surface area contributed by atoms with Crippen LogP contribution in [0.15, 0.2) is 36.5 Å². The van der Waals surface area contributed by atoms with Crippen molar-refractivity contribution in [2.45, 2.75) is 26.4 Å². The molecule has 2 aromatic rings.